The average molecular weight is 695 g/mol. The Hall–Kier alpha value is -5.49. The van der Waals surface area contributed by atoms with Crippen LogP contribution in [-0.2, 0) is 20.9 Å². The molecule has 12 heteroatoms. The molecule has 3 N–H and O–H groups in total. The summed E-state index contributed by atoms with van der Waals surface area (Å²) in [5.74, 6) is -2.40. The molecule has 0 bridgehead atoms. The molecule has 2 aliphatic heterocycles. The molecule has 10 nitrogen and oxygen atoms in total. The lowest BCUT2D eigenvalue weighted by atomic mass is 9.79. The van der Waals surface area contributed by atoms with Crippen molar-refractivity contribution in [2.75, 3.05) is 26.2 Å². The van der Waals surface area contributed by atoms with Gasteiger partial charge in [0.1, 0.15) is 17.5 Å². The molecule has 1 saturated heterocycles. The number of halogens is 2. The maximum atomic E-state index is 15.1. The molecule has 4 amide bonds. The summed E-state index contributed by atoms with van der Waals surface area (Å²) < 4.78 is 31.3. The first-order chi connectivity index (χ1) is 24.5. The van der Waals surface area contributed by atoms with Crippen molar-refractivity contribution in [2.45, 2.75) is 45.2 Å². The fourth-order valence-corrected chi connectivity index (χ4v) is 6.73. The standard InChI is InChI=1S/C39H40F2N6O4/c1-39(2,21-33(48)43-18-19-47-34(49)14-15-35(47)50)36(45-38(51)29-11-7-6-10-28(29)26-16-17-42-22-26)37-44-32(30-20-27(40)12-13-31(30)41)24-46(37)23-25-8-4-3-5-9-25/h3-15,20,24,26,36,42H,16-19,21-23H2,1-2H3,(H,43,48)(H,45,51)/t26?,36-/m0/s1. The van der Waals surface area contributed by atoms with Crippen LogP contribution in [-0.4, -0.2) is 64.3 Å². The van der Waals surface area contributed by atoms with Crippen LogP contribution >= 0.6 is 0 Å². The Balaban J connectivity index is 1.36. The van der Waals surface area contributed by atoms with E-state index >= 15 is 4.39 Å². The van der Waals surface area contributed by atoms with Crippen molar-refractivity contribution >= 4 is 23.6 Å². The number of nitrogens with one attached hydrogen (secondary N) is 3. The molecule has 3 heterocycles. The Morgan fingerprint density at radius 1 is 1.00 bits per heavy atom. The molecule has 0 aliphatic carbocycles. The van der Waals surface area contributed by atoms with Crippen molar-refractivity contribution in [1.82, 2.24) is 30.4 Å². The quantitative estimate of drug-likeness (QED) is 0.172. The van der Waals surface area contributed by atoms with Gasteiger partial charge in [0.2, 0.25) is 5.91 Å². The van der Waals surface area contributed by atoms with Gasteiger partial charge in [-0.25, -0.2) is 13.8 Å². The first kappa shape index (κ1) is 35.3. The minimum absolute atomic E-state index is 0.00779. The summed E-state index contributed by atoms with van der Waals surface area (Å²) in [6, 6.07) is 19.2. The second-order valence-electron chi connectivity index (χ2n) is 13.6. The molecule has 0 radical (unpaired) electrons. The SMILES string of the molecule is CC(C)(CC(=O)NCCN1C(=O)C=CC1=O)[C@@H](NC(=O)c1ccccc1C1CCNC1)c1nc(-c2cc(F)ccc2F)cn1Cc1ccccc1. The second-order valence-corrected chi connectivity index (χ2v) is 13.6. The first-order valence-electron chi connectivity index (χ1n) is 17.0. The van der Waals surface area contributed by atoms with Gasteiger partial charge in [-0.05, 0) is 54.3 Å². The molecule has 1 fully saturated rings. The smallest absolute Gasteiger partial charge is 0.253 e. The Bertz CT molecular complexity index is 1950. The third-order valence-electron chi connectivity index (χ3n) is 9.40. The number of hydrogen-bond acceptors (Lipinski definition) is 6. The maximum absolute atomic E-state index is 15.1. The van der Waals surface area contributed by atoms with Crippen LogP contribution in [0.2, 0.25) is 0 Å². The third-order valence-corrected chi connectivity index (χ3v) is 9.40. The second kappa shape index (κ2) is 15.2. The van der Waals surface area contributed by atoms with Gasteiger partial charge in [0, 0.05) is 67.5 Å². The average Bonchev–Trinajstić information content (AvgIpc) is 3.86. The summed E-state index contributed by atoms with van der Waals surface area (Å²) >= 11 is 0. The Labute approximate surface area is 294 Å². The zero-order valence-electron chi connectivity index (χ0n) is 28.5. The highest BCUT2D eigenvalue weighted by atomic mass is 19.1. The number of rotatable bonds is 13. The number of amides is 4. The molecule has 0 saturated carbocycles. The van der Waals surface area contributed by atoms with E-state index in [1.807, 2.05) is 56.3 Å². The minimum atomic E-state index is -0.998. The predicted octanol–water partition coefficient (Wildman–Crippen LogP) is 4.88. The number of imide groups is 1. The van der Waals surface area contributed by atoms with Crippen molar-refractivity contribution in [3.05, 3.63) is 125 Å². The monoisotopic (exact) mass is 694 g/mol. The van der Waals surface area contributed by atoms with Gasteiger partial charge in [0.25, 0.3) is 17.7 Å². The van der Waals surface area contributed by atoms with Gasteiger partial charge < -0.3 is 20.5 Å². The van der Waals surface area contributed by atoms with Crippen LogP contribution in [0.1, 0.15) is 66.0 Å². The lowest BCUT2D eigenvalue weighted by Crippen LogP contribution is -2.44. The first-order valence-corrected chi connectivity index (χ1v) is 17.0. The number of carbonyl (C=O) groups excluding carboxylic acids is 4. The molecule has 1 unspecified atom stereocenters. The summed E-state index contributed by atoms with van der Waals surface area (Å²) in [4.78, 5) is 57.6. The van der Waals surface area contributed by atoms with Crippen LogP contribution in [0.15, 0.2) is 91.1 Å². The highest BCUT2D eigenvalue weighted by Crippen LogP contribution is 2.39. The lowest BCUT2D eigenvalue weighted by molar-refractivity contribution is -0.137. The van der Waals surface area contributed by atoms with Crippen LogP contribution in [0.25, 0.3) is 11.3 Å². The molecule has 1 aromatic heterocycles. The number of aromatic nitrogens is 2. The molecular formula is C39H40F2N6O4. The van der Waals surface area contributed by atoms with Crippen LogP contribution in [0.4, 0.5) is 8.78 Å². The largest absolute Gasteiger partial charge is 0.354 e. The zero-order valence-corrected chi connectivity index (χ0v) is 28.5. The molecular weight excluding hydrogens is 654 g/mol. The molecule has 0 spiro atoms. The normalized spacial score (nSPS) is 16.5. The Kier molecular flexibility index (Phi) is 10.5. The van der Waals surface area contributed by atoms with Crippen molar-refractivity contribution in [2.24, 2.45) is 5.41 Å². The van der Waals surface area contributed by atoms with Gasteiger partial charge in [0.15, 0.2) is 0 Å². The molecule has 51 heavy (non-hydrogen) atoms. The fraction of sp³-hybridized carbons (Fsp3) is 0.308. The molecule has 2 aliphatic rings. The van der Waals surface area contributed by atoms with Crippen LogP contribution in [0, 0.1) is 17.0 Å². The van der Waals surface area contributed by atoms with E-state index in [2.05, 4.69) is 16.0 Å². The van der Waals surface area contributed by atoms with E-state index in [1.165, 1.54) is 12.2 Å². The van der Waals surface area contributed by atoms with E-state index in [0.29, 0.717) is 17.9 Å². The molecule has 264 valence electrons. The van der Waals surface area contributed by atoms with E-state index < -0.39 is 34.9 Å². The van der Waals surface area contributed by atoms with Gasteiger partial charge in [0.05, 0.1) is 11.7 Å². The number of benzene rings is 3. The van der Waals surface area contributed by atoms with E-state index in [9.17, 15) is 23.6 Å². The summed E-state index contributed by atoms with van der Waals surface area (Å²) in [5.41, 5.74) is 1.45. The van der Waals surface area contributed by atoms with Gasteiger partial charge >= 0.3 is 0 Å². The molecule has 2 atom stereocenters. The minimum Gasteiger partial charge on any atom is -0.354 e. The lowest BCUT2D eigenvalue weighted by Gasteiger charge is -2.35. The van der Waals surface area contributed by atoms with Gasteiger partial charge in [-0.2, -0.15) is 0 Å². The van der Waals surface area contributed by atoms with E-state index in [1.54, 1.807) is 22.9 Å². The Morgan fingerprint density at radius 3 is 2.45 bits per heavy atom. The number of nitrogens with zero attached hydrogens (tertiary/aromatic N) is 3. The fourth-order valence-electron chi connectivity index (χ4n) is 6.73. The predicted molar refractivity (Wildman–Crippen MR) is 187 cm³/mol. The van der Waals surface area contributed by atoms with Crippen molar-refractivity contribution in [1.29, 1.82) is 0 Å². The Morgan fingerprint density at radius 2 is 1.73 bits per heavy atom. The van der Waals surface area contributed by atoms with E-state index in [4.69, 9.17) is 4.98 Å². The van der Waals surface area contributed by atoms with Crippen molar-refractivity contribution in [3.8, 4) is 11.3 Å². The van der Waals surface area contributed by atoms with Crippen LogP contribution in [0.5, 0.6) is 0 Å². The highest BCUT2D eigenvalue weighted by Gasteiger charge is 2.39. The summed E-state index contributed by atoms with van der Waals surface area (Å²) in [7, 11) is 0. The molecule has 6 rings (SSSR count). The summed E-state index contributed by atoms with van der Waals surface area (Å²) in [6.07, 6.45) is 4.79. The number of imidazole rings is 1. The zero-order chi connectivity index (χ0) is 36.1. The van der Waals surface area contributed by atoms with Crippen molar-refractivity contribution < 1.29 is 28.0 Å². The summed E-state index contributed by atoms with van der Waals surface area (Å²) in [5, 5.41) is 9.34. The van der Waals surface area contributed by atoms with E-state index in [0.717, 1.165) is 53.7 Å². The highest BCUT2D eigenvalue weighted by molar-refractivity contribution is 6.12. The van der Waals surface area contributed by atoms with Gasteiger partial charge in [-0.1, -0.05) is 62.4 Å². The van der Waals surface area contributed by atoms with Gasteiger partial charge in [-0.15, -0.1) is 0 Å². The van der Waals surface area contributed by atoms with Crippen molar-refractivity contribution in [3.63, 3.8) is 0 Å². The number of hydrogen-bond donors (Lipinski definition) is 3. The number of carbonyl (C=O) groups is 4. The topological polar surface area (TPSA) is 125 Å². The molecule has 4 aromatic rings. The van der Waals surface area contributed by atoms with Crippen LogP contribution in [0.3, 0.4) is 0 Å². The summed E-state index contributed by atoms with van der Waals surface area (Å²) in [6.45, 7) is 5.59. The third kappa shape index (κ3) is 8.12. The van der Waals surface area contributed by atoms with Gasteiger partial charge in [-0.3, -0.25) is 24.1 Å². The molecule has 3 aromatic carbocycles. The van der Waals surface area contributed by atoms with Crippen LogP contribution < -0.4 is 16.0 Å². The maximum Gasteiger partial charge on any atom is 0.253 e. The van der Waals surface area contributed by atoms with E-state index in [-0.39, 0.29) is 48.5 Å².